The second-order valence-corrected chi connectivity index (χ2v) is 7.83. The van der Waals surface area contributed by atoms with Gasteiger partial charge in [-0.15, -0.1) is 0 Å². The summed E-state index contributed by atoms with van der Waals surface area (Å²) in [6.45, 7) is 3.14. The Morgan fingerprint density at radius 3 is 2.59 bits per heavy atom. The van der Waals surface area contributed by atoms with E-state index in [1.54, 1.807) is 31.2 Å². The molecule has 0 saturated carbocycles. The third-order valence-corrected chi connectivity index (χ3v) is 5.71. The van der Waals surface area contributed by atoms with Gasteiger partial charge in [-0.25, -0.2) is 0 Å². The number of aromatic nitrogens is 2. The van der Waals surface area contributed by atoms with Crippen molar-refractivity contribution in [3.63, 3.8) is 0 Å². The van der Waals surface area contributed by atoms with Gasteiger partial charge in [0.2, 0.25) is 17.8 Å². The molecule has 32 heavy (non-hydrogen) atoms. The second-order valence-electron chi connectivity index (χ2n) is 7.83. The smallest absolute Gasteiger partial charge is 0.309 e. The van der Waals surface area contributed by atoms with Crippen LogP contribution in [0.3, 0.4) is 0 Å². The largest absolute Gasteiger partial charge is 0.466 e. The van der Waals surface area contributed by atoms with Crippen LogP contribution in [0.2, 0.25) is 0 Å². The van der Waals surface area contributed by atoms with Crippen LogP contribution in [0.5, 0.6) is 0 Å². The summed E-state index contributed by atoms with van der Waals surface area (Å²) >= 11 is 0. The molecule has 1 fully saturated rings. The molecule has 2 amide bonds. The van der Waals surface area contributed by atoms with E-state index >= 15 is 0 Å². The summed E-state index contributed by atoms with van der Waals surface area (Å²) in [5.74, 6) is -1.75. The molecule has 1 saturated heterocycles. The SMILES string of the molecule is CCOC(=O)C1CCN(c2nc3c(c(=O)[nH]2)C(C(=O)Nc2ccccc2)CC(=O)N3)CC1. The molecule has 168 valence electrons. The summed E-state index contributed by atoms with van der Waals surface area (Å²) in [7, 11) is 0. The Kier molecular flexibility index (Phi) is 6.20. The van der Waals surface area contributed by atoms with Gasteiger partial charge < -0.3 is 20.3 Å². The van der Waals surface area contributed by atoms with Gasteiger partial charge in [0.15, 0.2) is 0 Å². The van der Waals surface area contributed by atoms with Gasteiger partial charge in [0.1, 0.15) is 5.82 Å². The standard InChI is InChI=1S/C22H25N5O5/c1-2-32-21(31)13-8-10-27(11-9-13)22-25-18-17(20(30)26-22)15(12-16(28)24-18)19(29)23-14-6-4-3-5-7-14/h3-7,13,15H,2,8-12H2,1H3,(H,23,29)(H2,24,25,26,28,30). The van der Waals surface area contributed by atoms with Crippen LogP contribution >= 0.6 is 0 Å². The fourth-order valence-corrected chi connectivity index (χ4v) is 4.07. The number of anilines is 3. The van der Waals surface area contributed by atoms with Crippen LogP contribution in [0.25, 0.3) is 0 Å². The van der Waals surface area contributed by atoms with Crippen LogP contribution in [-0.2, 0) is 19.1 Å². The van der Waals surface area contributed by atoms with E-state index in [2.05, 4.69) is 20.6 Å². The molecule has 1 aromatic heterocycles. The van der Waals surface area contributed by atoms with E-state index < -0.39 is 17.4 Å². The molecule has 0 aliphatic carbocycles. The van der Waals surface area contributed by atoms with Gasteiger partial charge in [-0.05, 0) is 31.9 Å². The number of piperidine rings is 1. The van der Waals surface area contributed by atoms with Crippen molar-refractivity contribution in [1.29, 1.82) is 0 Å². The maximum Gasteiger partial charge on any atom is 0.309 e. The van der Waals surface area contributed by atoms with Gasteiger partial charge in [0.05, 0.1) is 24.0 Å². The normalized spacial score (nSPS) is 18.5. The molecule has 0 bridgehead atoms. The Balaban J connectivity index is 1.54. The molecule has 2 aliphatic rings. The number of ether oxygens (including phenoxy) is 1. The number of carbonyl (C=O) groups is 3. The van der Waals surface area contributed by atoms with Gasteiger partial charge in [0.25, 0.3) is 5.56 Å². The fraction of sp³-hybridized carbons (Fsp3) is 0.409. The monoisotopic (exact) mass is 439 g/mol. The Bertz CT molecular complexity index is 1080. The van der Waals surface area contributed by atoms with Crippen LogP contribution in [0, 0.1) is 5.92 Å². The van der Waals surface area contributed by atoms with Crippen LogP contribution in [0.4, 0.5) is 17.5 Å². The van der Waals surface area contributed by atoms with E-state index in [4.69, 9.17) is 4.74 Å². The van der Waals surface area contributed by atoms with Gasteiger partial charge >= 0.3 is 5.97 Å². The summed E-state index contributed by atoms with van der Waals surface area (Å²) in [6.07, 6.45) is 1.02. The Hall–Kier alpha value is -3.69. The van der Waals surface area contributed by atoms with Gasteiger partial charge in [-0.1, -0.05) is 18.2 Å². The Morgan fingerprint density at radius 2 is 1.91 bits per heavy atom. The van der Waals surface area contributed by atoms with Gasteiger partial charge in [-0.3, -0.25) is 24.2 Å². The Labute approximate surface area is 184 Å². The molecule has 4 rings (SSSR count). The van der Waals surface area contributed by atoms with Crippen LogP contribution < -0.4 is 21.1 Å². The quantitative estimate of drug-likeness (QED) is 0.603. The van der Waals surface area contributed by atoms with Crippen molar-refractivity contribution < 1.29 is 19.1 Å². The molecule has 0 spiro atoms. The van der Waals surface area contributed by atoms with E-state index in [0.29, 0.717) is 44.2 Å². The first-order valence-electron chi connectivity index (χ1n) is 10.7. The van der Waals surface area contributed by atoms with E-state index in [1.165, 1.54) is 0 Å². The second kappa shape index (κ2) is 9.21. The van der Waals surface area contributed by atoms with E-state index in [9.17, 15) is 19.2 Å². The third kappa shape index (κ3) is 4.48. The summed E-state index contributed by atoms with van der Waals surface area (Å²) in [6, 6.07) is 8.84. The van der Waals surface area contributed by atoms with Crippen LogP contribution in [0.1, 0.15) is 37.7 Å². The number of nitrogens with zero attached hydrogens (tertiary/aromatic N) is 2. The molecular formula is C22H25N5O5. The predicted molar refractivity (Wildman–Crippen MR) is 117 cm³/mol. The lowest BCUT2D eigenvalue weighted by Crippen LogP contribution is -2.41. The van der Waals surface area contributed by atoms with Gasteiger partial charge in [0, 0.05) is 25.2 Å². The zero-order chi connectivity index (χ0) is 22.7. The average molecular weight is 439 g/mol. The maximum absolute atomic E-state index is 12.9. The summed E-state index contributed by atoms with van der Waals surface area (Å²) in [5.41, 5.74) is 0.254. The molecular weight excluding hydrogens is 414 g/mol. The van der Waals surface area contributed by atoms with Crippen molar-refractivity contribution in [3.8, 4) is 0 Å². The van der Waals surface area contributed by atoms with E-state index in [0.717, 1.165) is 0 Å². The Morgan fingerprint density at radius 1 is 1.19 bits per heavy atom. The molecule has 3 heterocycles. The molecule has 10 heteroatoms. The molecule has 3 N–H and O–H groups in total. The molecule has 2 aliphatic heterocycles. The molecule has 1 atom stereocenters. The lowest BCUT2D eigenvalue weighted by Gasteiger charge is -2.32. The number of hydrogen-bond donors (Lipinski definition) is 3. The number of H-pyrrole nitrogens is 1. The first kappa shape index (κ1) is 21.5. The summed E-state index contributed by atoms with van der Waals surface area (Å²) in [4.78, 5) is 59.0. The molecule has 2 aromatic rings. The predicted octanol–water partition coefficient (Wildman–Crippen LogP) is 1.61. The highest BCUT2D eigenvalue weighted by atomic mass is 16.5. The minimum absolute atomic E-state index is 0.0979. The van der Waals surface area contributed by atoms with Crippen molar-refractivity contribution in [2.45, 2.75) is 32.1 Å². The zero-order valence-corrected chi connectivity index (χ0v) is 17.7. The first-order chi connectivity index (χ1) is 15.5. The highest BCUT2D eigenvalue weighted by Gasteiger charge is 2.35. The highest BCUT2D eigenvalue weighted by molar-refractivity contribution is 6.04. The number of carbonyl (C=O) groups excluding carboxylic acids is 3. The van der Waals surface area contributed by atoms with Crippen molar-refractivity contribution in [2.24, 2.45) is 5.92 Å². The van der Waals surface area contributed by atoms with E-state index in [-0.39, 0.29) is 35.6 Å². The third-order valence-electron chi connectivity index (χ3n) is 5.71. The van der Waals surface area contributed by atoms with Crippen molar-refractivity contribution in [2.75, 3.05) is 35.2 Å². The molecule has 1 aromatic carbocycles. The fourth-order valence-electron chi connectivity index (χ4n) is 4.07. The lowest BCUT2D eigenvalue weighted by atomic mass is 9.92. The number of nitrogens with one attached hydrogen (secondary N) is 3. The maximum atomic E-state index is 12.9. The van der Waals surface area contributed by atoms with Crippen molar-refractivity contribution >= 4 is 35.2 Å². The number of esters is 1. The first-order valence-corrected chi connectivity index (χ1v) is 10.7. The number of amides is 2. The molecule has 10 nitrogen and oxygen atoms in total. The van der Waals surface area contributed by atoms with E-state index in [1.807, 2.05) is 11.0 Å². The van der Waals surface area contributed by atoms with Crippen molar-refractivity contribution in [1.82, 2.24) is 9.97 Å². The molecule has 0 radical (unpaired) electrons. The minimum atomic E-state index is -0.946. The van der Waals surface area contributed by atoms with Crippen LogP contribution in [-0.4, -0.2) is 47.4 Å². The number of hydrogen-bond acceptors (Lipinski definition) is 7. The number of rotatable bonds is 5. The summed E-state index contributed by atoms with van der Waals surface area (Å²) in [5, 5.41) is 5.37. The van der Waals surface area contributed by atoms with Crippen LogP contribution in [0.15, 0.2) is 35.1 Å². The summed E-state index contributed by atoms with van der Waals surface area (Å²) < 4.78 is 5.09. The van der Waals surface area contributed by atoms with Crippen molar-refractivity contribution in [3.05, 3.63) is 46.2 Å². The average Bonchev–Trinajstić information content (AvgIpc) is 2.79. The number of fused-ring (bicyclic) bond motifs is 1. The molecule has 1 unspecified atom stereocenters. The topological polar surface area (TPSA) is 133 Å². The zero-order valence-electron chi connectivity index (χ0n) is 17.7. The van der Waals surface area contributed by atoms with Gasteiger partial charge in [-0.2, -0.15) is 4.98 Å². The number of para-hydroxylation sites is 1. The highest BCUT2D eigenvalue weighted by Crippen LogP contribution is 2.31. The number of benzene rings is 1. The number of aromatic amines is 1. The lowest BCUT2D eigenvalue weighted by molar-refractivity contribution is -0.148. The minimum Gasteiger partial charge on any atom is -0.466 e.